The van der Waals surface area contributed by atoms with Crippen molar-refractivity contribution in [3.8, 4) is 5.75 Å². The molecule has 2 amide bonds. The molecular weight excluding hydrogens is 292 g/mol. The third kappa shape index (κ3) is 5.19. The first-order valence-electron chi connectivity index (χ1n) is 6.40. The largest absolute Gasteiger partial charge is 0.502 e. The van der Waals surface area contributed by atoms with Crippen LogP contribution < -0.4 is 10.7 Å². The second kappa shape index (κ2) is 7.72. The molecule has 0 unspecified atom stereocenters. The molecule has 0 saturated heterocycles. The maximum Gasteiger partial charge on any atom is 0.329 e. The molecule has 3 N–H and O–H groups in total. The Morgan fingerprint density at radius 2 is 2.09 bits per heavy atom. The van der Waals surface area contributed by atoms with E-state index in [9.17, 15) is 24.8 Å². The first-order chi connectivity index (χ1) is 10.3. The number of phenolic OH excluding ortho intramolecular Hbond substituents is 1. The van der Waals surface area contributed by atoms with Gasteiger partial charge in [-0.25, -0.2) is 5.43 Å². The van der Waals surface area contributed by atoms with Crippen LogP contribution in [0, 0.1) is 16.0 Å². The third-order valence-corrected chi connectivity index (χ3v) is 2.45. The molecule has 1 aromatic rings. The van der Waals surface area contributed by atoms with Gasteiger partial charge >= 0.3 is 17.5 Å². The van der Waals surface area contributed by atoms with E-state index in [0.29, 0.717) is 6.54 Å². The molecule has 1 aromatic carbocycles. The number of amides is 2. The van der Waals surface area contributed by atoms with Crippen LogP contribution in [0.25, 0.3) is 0 Å². The zero-order valence-corrected chi connectivity index (χ0v) is 12.1. The Kier molecular flexibility index (Phi) is 5.99. The number of hydrogen-bond donors (Lipinski definition) is 3. The summed E-state index contributed by atoms with van der Waals surface area (Å²) in [5.41, 5.74) is 1.81. The number of nitro groups is 1. The van der Waals surface area contributed by atoms with Crippen LogP contribution in [0.4, 0.5) is 5.69 Å². The molecule has 0 aliphatic heterocycles. The van der Waals surface area contributed by atoms with E-state index in [0.717, 1.165) is 18.3 Å². The molecule has 0 spiro atoms. The predicted octanol–water partition coefficient (Wildman–Crippen LogP) is 0.523. The highest BCUT2D eigenvalue weighted by Gasteiger charge is 2.14. The molecule has 0 bridgehead atoms. The highest BCUT2D eigenvalue weighted by atomic mass is 16.6. The minimum Gasteiger partial charge on any atom is -0.502 e. The molecule has 1 rings (SSSR count). The van der Waals surface area contributed by atoms with Crippen molar-refractivity contribution < 1.29 is 19.6 Å². The van der Waals surface area contributed by atoms with Crippen molar-refractivity contribution in [1.82, 2.24) is 10.7 Å². The van der Waals surface area contributed by atoms with Gasteiger partial charge < -0.3 is 10.4 Å². The monoisotopic (exact) mass is 308 g/mol. The molecule has 0 fully saturated rings. The van der Waals surface area contributed by atoms with Crippen molar-refractivity contribution in [1.29, 1.82) is 0 Å². The van der Waals surface area contributed by atoms with Gasteiger partial charge in [0.15, 0.2) is 5.75 Å². The van der Waals surface area contributed by atoms with E-state index in [1.54, 1.807) is 0 Å². The van der Waals surface area contributed by atoms with Crippen LogP contribution >= 0.6 is 0 Å². The van der Waals surface area contributed by atoms with Crippen molar-refractivity contribution in [2.75, 3.05) is 6.54 Å². The molecule has 0 aliphatic carbocycles. The van der Waals surface area contributed by atoms with Crippen LogP contribution in [-0.2, 0) is 9.59 Å². The Bertz CT molecular complexity index is 612. The van der Waals surface area contributed by atoms with Gasteiger partial charge in [-0.3, -0.25) is 19.7 Å². The van der Waals surface area contributed by atoms with E-state index >= 15 is 0 Å². The van der Waals surface area contributed by atoms with Gasteiger partial charge in [0.2, 0.25) is 0 Å². The number of carbonyl (C=O) groups is 2. The van der Waals surface area contributed by atoms with Crippen molar-refractivity contribution in [2.24, 2.45) is 11.0 Å². The molecule has 0 atom stereocenters. The average Bonchev–Trinajstić information content (AvgIpc) is 2.45. The van der Waals surface area contributed by atoms with Gasteiger partial charge in [-0.15, -0.1) is 0 Å². The number of benzene rings is 1. The van der Waals surface area contributed by atoms with Gasteiger partial charge in [-0.2, -0.15) is 5.10 Å². The molecule has 0 aliphatic rings. The molecule has 0 aromatic heterocycles. The van der Waals surface area contributed by atoms with E-state index in [1.807, 2.05) is 19.3 Å². The lowest BCUT2D eigenvalue weighted by Gasteiger charge is -2.05. The summed E-state index contributed by atoms with van der Waals surface area (Å²) in [4.78, 5) is 32.7. The first kappa shape index (κ1) is 17.1. The molecule has 0 radical (unpaired) electrons. The van der Waals surface area contributed by atoms with Crippen molar-refractivity contribution >= 4 is 23.7 Å². The SMILES string of the molecule is CC(C)CNC(=O)C(=O)N/N=C/c1ccc(O)c([N+](=O)[O-])c1. The average molecular weight is 308 g/mol. The lowest BCUT2D eigenvalue weighted by molar-refractivity contribution is -0.385. The zero-order chi connectivity index (χ0) is 16.7. The normalized spacial score (nSPS) is 10.7. The summed E-state index contributed by atoms with van der Waals surface area (Å²) in [5.74, 6) is -2.02. The van der Waals surface area contributed by atoms with E-state index in [2.05, 4.69) is 10.4 Å². The minimum absolute atomic E-state index is 0.206. The molecule has 0 heterocycles. The van der Waals surface area contributed by atoms with Crippen LogP contribution in [-0.4, -0.2) is 34.6 Å². The number of hydrazone groups is 1. The summed E-state index contributed by atoms with van der Waals surface area (Å²) >= 11 is 0. The van der Waals surface area contributed by atoms with Crippen molar-refractivity contribution in [2.45, 2.75) is 13.8 Å². The number of nitro benzene ring substituents is 1. The van der Waals surface area contributed by atoms with E-state index in [1.165, 1.54) is 6.07 Å². The van der Waals surface area contributed by atoms with E-state index < -0.39 is 28.2 Å². The topological polar surface area (TPSA) is 134 Å². The molecular formula is C13H16N4O5. The van der Waals surface area contributed by atoms with Crippen LogP contribution in [0.2, 0.25) is 0 Å². The summed E-state index contributed by atoms with van der Waals surface area (Å²) in [6, 6.07) is 3.59. The maximum absolute atomic E-state index is 11.4. The highest BCUT2D eigenvalue weighted by molar-refractivity contribution is 6.35. The van der Waals surface area contributed by atoms with Crippen LogP contribution in [0.3, 0.4) is 0 Å². The summed E-state index contributed by atoms with van der Waals surface area (Å²) in [7, 11) is 0. The minimum atomic E-state index is -0.940. The fourth-order valence-electron chi connectivity index (χ4n) is 1.36. The Labute approximate surface area is 126 Å². The van der Waals surface area contributed by atoms with Crippen LogP contribution in [0.5, 0.6) is 5.75 Å². The predicted molar refractivity (Wildman–Crippen MR) is 78.3 cm³/mol. The number of carbonyl (C=O) groups excluding carboxylic acids is 2. The van der Waals surface area contributed by atoms with Gasteiger partial charge in [-0.05, 0) is 18.1 Å². The van der Waals surface area contributed by atoms with Crippen molar-refractivity contribution in [3.63, 3.8) is 0 Å². The van der Waals surface area contributed by atoms with Crippen LogP contribution in [0.1, 0.15) is 19.4 Å². The maximum atomic E-state index is 11.4. The summed E-state index contributed by atoms with van der Waals surface area (Å²) in [6.07, 6.45) is 1.13. The van der Waals surface area contributed by atoms with Gasteiger partial charge in [0.1, 0.15) is 0 Å². The molecule has 22 heavy (non-hydrogen) atoms. The Morgan fingerprint density at radius 3 is 2.68 bits per heavy atom. The Morgan fingerprint density at radius 1 is 1.41 bits per heavy atom. The Hall–Kier alpha value is -2.97. The molecule has 9 heteroatoms. The lowest BCUT2D eigenvalue weighted by Crippen LogP contribution is -2.39. The standard InChI is InChI=1S/C13H16N4O5/c1-8(2)6-14-12(19)13(20)16-15-7-9-3-4-11(18)10(5-9)17(21)22/h3-5,7-8,18H,6H2,1-2H3,(H,14,19)(H,16,20)/b15-7+. The second-order valence-electron chi connectivity index (χ2n) is 4.81. The summed E-state index contributed by atoms with van der Waals surface area (Å²) in [6.45, 7) is 4.13. The summed E-state index contributed by atoms with van der Waals surface area (Å²) < 4.78 is 0. The quantitative estimate of drug-likeness (QED) is 0.315. The zero-order valence-electron chi connectivity index (χ0n) is 12.1. The fourth-order valence-corrected chi connectivity index (χ4v) is 1.36. The number of aromatic hydroxyl groups is 1. The van der Waals surface area contributed by atoms with Gasteiger partial charge in [0.25, 0.3) is 0 Å². The fraction of sp³-hybridized carbons (Fsp3) is 0.308. The number of nitrogens with zero attached hydrogens (tertiary/aromatic N) is 2. The summed E-state index contributed by atoms with van der Waals surface area (Å²) in [5, 5.41) is 25.9. The smallest absolute Gasteiger partial charge is 0.329 e. The third-order valence-electron chi connectivity index (χ3n) is 2.45. The molecule has 9 nitrogen and oxygen atoms in total. The van der Waals surface area contributed by atoms with Gasteiger partial charge in [-0.1, -0.05) is 13.8 Å². The number of nitrogens with one attached hydrogen (secondary N) is 2. The number of hydrogen-bond acceptors (Lipinski definition) is 6. The van der Waals surface area contributed by atoms with Crippen molar-refractivity contribution in [3.05, 3.63) is 33.9 Å². The van der Waals surface area contributed by atoms with Crippen LogP contribution in [0.15, 0.2) is 23.3 Å². The van der Waals surface area contributed by atoms with E-state index in [-0.39, 0.29) is 11.5 Å². The number of rotatable bonds is 5. The van der Waals surface area contributed by atoms with Gasteiger partial charge in [0, 0.05) is 18.2 Å². The first-order valence-corrected chi connectivity index (χ1v) is 6.40. The highest BCUT2D eigenvalue weighted by Crippen LogP contribution is 2.25. The van der Waals surface area contributed by atoms with Gasteiger partial charge in [0.05, 0.1) is 11.1 Å². The second-order valence-corrected chi connectivity index (χ2v) is 4.81. The molecule has 0 saturated carbocycles. The number of phenols is 1. The van der Waals surface area contributed by atoms with E-state index in [4.69, 9.17) is 0 Å². The molecule has 118 valence electrons. The lowest BCUT2D eigenvalue weighted by atomic mass is 10.2. The Balaban J connectivity index is 2.62.